The predicted molar refractivity (Wildman–Crippen MR) is 88.5 cm³/mol. The number of piperidine rings is 1. The second kappa shape index (κ2) is 6.35. The van der Waals surface area contributed by atoms with Crippen LogP contribution < -0.4 is 5.32 Å². The lowest BCUT2D eigenvalue weighted by molar-refractivity contribution is -0.170. The van der Waals surface area contributed by atoms with Crippen molar-refractivity contribution in [1.29, 1.82) is 0 Å². The Morgan fingerprint density at radius 2 is 2.17 bits per heavy atom. The van der Waals surface area contributed by atoms with Gasteiger partial charge in [0.05, 0.1) is 12.1 Å². The summed E-state index contributed by atoms with van der Waals surface area (Å²) in [7, 11) is 0. The summed E-state index contributed by atoms with van der Waals surface area (Å²) in [5.74, 6) is 0. The second-order valence-corrected chi connectivity index (χ2v) is 7.36. The Balaban J connectivity index is 1.28. The first kappa shape index (κ1) is 15.9. The molecule has 132 valence electrons. The van der Waals surface area contributed by atoms with E-state index in [9.17, 15) is 4.79 Å². The largest absolute Gasteiger partial charge is 0.378 e. The van der Waals surface area contributed by atoms with Crippen molar-refractivity contribution in [2.45, 2.75) is 63.6 Å². The number of aromatic nitrogens is 3. The number of hydrogen-bond donors (Lipinski definition) is 1. The van der Waals surface area contributed by atoms with Crippen LogP contribution >= 0.6 is 0 Å². The van der Waals surface area contributed by atoms with Crippen LogP contribution in [0.2, 0.25) is 0 Å². The minimum atomic E-state index is 0.0956. The van der Waals surface area contributed by atoms with E-state index in [4.69, 9.17) is 4.74 Å². The molecule has 4 rings (SSSR count). The van der Waals surface area contributed by atoms with Gasteiger partial charge >= 0.3 is 6.03 Å². The molecule has 0 aromatic carbocycles. The molecule has 1 N–H and O–H groups in total. The van der Waals surface area contributed by atoms with Crippen LogP contribution in [-0.4, -0.2) is 57.5 Å². The maximum Gasteiger partial charge on any atom is 0.317 e. The highest BCUT2D eigenvalue weighted by Crippen LogP contribution is 2.57. The molecule has 24 heavy (non-hydrogen) atoms. The minimum Gasteiger partial charge on any atom is -0.378 e. The first-order valence-corrected chi connectivity index (χ1v) is 9.24. The molecule has 7 nitrogen and oxygen atoms in total. The number of amides is 2. The Morgan fingerprint density at radius 1 is 1.38 bits per heavy atom. The summed E-state index contributed by atoms with van der Waals surface area (Å²) < 4.78 is 7.78. The van der Waals surface area contributed by atoms with Gasteiger partial charge in [-0.05, 0) is 39.0 Å². The van der Waals surface area contributed by atoms with E-state index in [-0.39, 0.29) is 11.4 Å². The van der Waals surface area contributed by atoms with Crippen LogP contribution in [0.5, 0.6) is 0 Å². The molecule has 0 radical (unpaired) electrons. The first-order valence-electron chi connectivity index (χ1n) is 9.24. The lowest BCUT2D eigenvalue weighted by Gasteiger charge is -2.61. The van der Waals surface area contributed by atoms with Crippen molar-refractivity contribution in [2.75, 3.05) is 19.7 Å². The summed E-state index contributed by atoms with van der Waals surface area (Å²) in [6.45, 7) is 4.39. The maximum atomic E-state index is 12.6. The summed E-state index contributed by atoms with van der Waals surface area (Å²) in [5.41, 5.74) is 0.227. The Morgan fingerprint density at radius 3 is 2.75 bits per heavy atom. The topological polar surface area (TPSA) is 72.3 Å². The number of nitrogens with zero attached hydrogens (tertiary/aromatic N) is 4. The zero-order valence-electron chi connectivity index (χ0n) is 14.4. The summed E-state index contributed by atoms with van der Waals surface area (Å²) >= 11 is 0. The SMILES string of the molecule is CCO[C@H]1C[C@H](NC(=O)N2CCC(n3cncn3)CC2)C12CCC2. The van der Waals surface area contributed by atoms with E-state index < -0.39 is 0 Å². The number of ether oxygens (including phenoxy) is 1. The molecule has 0 bridgehead atoms. The molecule has 1 aliphatic heterocycles. The average Bonchev–Trinajstić information content (AvgIpc) is 3.06. The van der Waals surface area contributed by atoms with Crippen molar-refractivity contribution in [3.8, 4) is 0 Å². The van der Waals surface area contributed by atoms with Crippen molar-refractivity contribution in [3.63, 3.8) is 0 Å². The molecule has 7 heteroatoms. The monoisotopic (exact) mass is 333 g/mol. The van der Waals surface area contributed by atoms with Gasteiger partial charge in [0.2, 0.25) is 0 Å². The summed E-state index contributed by atoms with van der Waals surface area (Å²) in [5, 5.41) is 7.51. The normalized spacial score (nSPS) is 29.1. The lowest BCUT2D eigenvalue weighted by Crippen LogP contribution is -2.68. The zero-order valence-corrected chi connectivity index (χ0v) is 14.4. The van der Waals surface area contributed by atoms with E-state index in [1.807, 2.05) is 9.58 Å². The molecular formula is C17H27N5O2. The smallest absolute Gasteiger partial charge is 0.317 e. The third kappa shape index (κ3) is 2.59. The molecule has 0 unspecified atom stereocenters. The molecule has 1 spiro atoms. The van der Waals surface area contributed by atoms with E-state index in [0.717, 1.165) is 39.0 Å². The Labute approximate surface area is 142 Å². The molecule has 1 aromatic rings. The van der Waals surface area contributed by atoms with Crippen LogP contribution in [0.15, 0.2) is 12.7 Å². The van der Waals surface area contributed by atoms with E-state index in [2.05, 4.69) is 22.3 Å². The number of urea groups is 1. The molecule has 2 aliphatic carbocycles. The van der Waals surface area contributed by atoms with Gasteiger partial charge in [-0.25, -0.2) is 14.5 Å². The van der Waals surface area contributed by atoms with Gasteiger partial charge in [0.1, 0.15) is 12.7 Å². The van der Waals surface area contributed by atoms with Crippen molar-refractivity contribution in [3.05, 3.63) is 12.7 Å². The quantitative estimate of drug-likeness (QED) is 0.914. The van der Waals surface area contributed by atoms with Gasteiger partial charge in [-0.15, -0.1) is 0 Å². The van der Waals surface area contributed by atoms with Gasteiger partial charge in [-0.3, -0.25) is 0 Å². The van der Waals surface area contributed by atoms with Crippen molar-refractivity contribution in [1.82, 2.24) is 25.0 Å². The molecule has 3 aliphatic rings. The first-order chi connectivity index (χ1) is 11.7. The fraction of sp³-hybridized carbons (Fsp3) is 0.824. The van der Waals surface area contributed by atoms with Gasteiger partial charge in [-0.1, -0.05) is 6.42 Å². The van der Waals surface area contributed by atoms with Crippen molar-refractivity contribution < 1.29 is 9.53 Å². The molecule has 3 fully saturated rings. The molecule has 2 saturated carbocycles. The Kier molecular flexibility index (Phi) is 4.20. The fourth-order valence-corrected chi connectivity index (χ4v) is 4.62. The van der Waals surface area contributed by atoms with E-state index in [1.54, 1.807) is 12.7 Å². The molecule has 1 aromatic heterocycles. The third-order valence-electron chi connectivity index (χ3n) is 6.30. The summed E-state index contributed by atoms with van der Waals surface area (Å²) in [6, 6.07) is 0.752. The highest BCUT2D eigenvalue weighted by Gasteiger charge is 2.59. The number of carbonyl (C=O) groups excluding carboxylic acids is 1. The number of likely N-dealkylation sites (tertiary alicyclic amines) is 1. The Hall–Kier alpha value is -1.63. The number of rotatable bonds is 4. The van der Waals surface area contributed by atoms with Gasteiger partial charge < -0.3 is 15.0 Å². The van der Waals surface area contributed by atoms with E-state index in [1.165, 1.54) is 19.3 Å². The van der Waals surface area contributed by atoms with Crippen molar-refractivity contribution in [2.24, 2.45) is 5.41 Å². The highest BCUT2D eigenvalue weighted by atomic mass is 16.5. The minimum absolute atomic E-state index is 0.0956. The number of nitrogens with one attached hydrogen (secondary N) is 1. The van der Waals surface area contributed by atoms with Crippen LogP contribution in [0.1, 0.15) is 51.5 Å². The van der Waals surface area contributed by atoms with Crippen LogP contribution in [0, 0.1) is 5.41 Å². The van der Waals surface area contributed by atoms with E-state index in [0.29, 0.717) is 18.2 Å². The highest BCUT2D eigenvalue weighted by molar-refractivity contribution is 5.75. The van der Waals surface area contributed by atoms with E-state index >= 15 is 0 Å². The zero-order chi connectivity index (χ0) is 16.6. The molecule has 2 heterocycles. The average molecular weight is 333 g/mol. The fourth-order valence-electron chi connectivity index (χ4n) is 4.62. The lowest BCUT2D eigenvalue weighted by atomic mass is 9.51. The molecule has 2 amide bonds. The maximum absolute atomic E-state index is 12.6. The van der Waals surface area contributed by atoms with Gasteiger partial charge in [-0.2, -0.15) is 5.10 Å². The third-order valence-corrected chi connectivity index (χ3v) is 6.30. The summed E-state index contributed by atoms with van der Waals surface area (Å²) in [4.78, 5) is 18.6. The van der Waals surface area contributed by atoms with Crippen LogP contribution in [0.25, 0.3) is 0 Å². The van der Waals surface area contributed by atoms with Crippen molar-refractivity contribution >= 4 is 6.03 Å². The van der Waals surface area contributed by atoms with Crippen LogP contribution in [0.3, 0.4) is 0 Å². The standard InChI is InChI=1S/C17H27N5O2/c1-2-24-15-10-14(17(15)6-3-7-17)20-16(23)21-8-4-13(5-9-21)22-12-18-11-19-22/h11-15H,2-10H2,1H3,(H,20,23)/t14-,15-/m0/s1. The number of hydrogen-bond acceptors (Lipinski definition) is 4. The molecular weight excluding hydrogens is 306 g/mol. The second-order valence-electron chi connectivity index (χ2n) is 7.36. The van der Waals surface area contributed by atoms with Crippen LogP contribution in [-0.2, 0) is 4.74 Å². The van der Waals surface area contributed by atoms with Crippen LogP contribution in [0.4, 0.5) is 4.79 Å². The van der Waals surface area contributed by atoms with Gasteiger partial charge in [0, 0.05) is 31.2 Å². The van der Waals surface area contributed by atoms with Gasteiger partial charge in [0.15, 0.2) is 0 Å². The molecule has 2 atom stereocenters. The van der Waals surface area contributed by atoms with Gasteiger partial charge in [0.25, 0.3) is 0 Å². The predicted octanol–water partition coefficient (Wildman–Crippen LogP) is 1.97. The number of carbonyl (C=O) groups is 1. The Bertz CT molecular complexity index is 564. The molecule has 1 saturated heterocycles. The summed E-state index contributed by atoms with van der Waals surface area (Å²) in [6.07, 6.45) is 10.2.